The fraction of sp³-hybridized carbons (Fsp3) is 0.381. The molecular formula is C21H30IN7O2S. The van der Waals surface area contributed by atoms with Crippen LogP contribution in [0.15, 0.2) is 53.7 Å². The van der Waals surface area contributed by atoms with E-state index in [1.165, 1.54) is 0 Å². The number of nitrogens with zero attached hydrogens (tertiary/aromatic N) is 4. The minimum Gasteiger partial charge on any atom is -0.357 e. The molecule has 3 aromatic rings. The molecule has 0 aliphatic heterocycles. The zero-order chi connectivity index (χ0) is 22.3. The van der Waals surface area contributed by atoms with Crippen LogP contribution < -0.4 is 15.4 Å². The standard InChI is InChI=1S/C21H29N7O2S.HI/c1-4-22-21(24-14-20-26-25-19-11-7-8-12-28(19)20)23-13-17-9-5-6-10-18(17)15-31(29,30)27-16(2)3;/h5-12,16,27H,4,13-15H2,1-3H3,(H2,22,23,24);1H. The van der Waals surface area contributed by atoms with Gasteiger partial charge in [-0.3, -0.25) is 4.40 Å². The van der Waals surface area contributed by atoms with Crippen molar-refractivity contribution in [3.05, 3.63) is 65.6 Å². The van der Waals surface area contributed by atoms with Crippen molar-refractivity contribution in [3.63, 3.8) is 0 Å². The molecule has 0 unspecified atom stereocenters. The average molecular weight is 571 g/mol. The van der Waals surface area contributed by atoms with Crippen molar-refractivity contribution in [3.8, 4) is 0 Å². The maximum absolute atomic E-state index is 12.4. The Balaban J connectivity index is 0.00000363. The van der Waals surface area contributed by atoms with Crippen molar-refractivity contribution < 1.29 is 8.42 Å². The van der Waals surface area contributed by atoms with Gasteiger partial charge in [-0.2, -0.15) is 0 Å². The molecule has 2 aromatic heterocycles. The van der Waals surface area contributed by atoms with Crippen LogP contribution in [-0.2, 0) is 28.9 Å². The number of pyridine rings is 1. The third-order valence-electron chi connectivity index (χ3n) is 4.43. The molecule has 174 valence electrons. The Kier molecular flexibility index (Phi) is 9.84. The fourth-order valence-electron chi connectivity index (χ4n) is 3.14. The lowest BCUT2D eigenvalue weighted by Gasteiger charge is -2.13. The number of hydrogen-bond donors (Lipinski definition) is 3. The van der Waals surface area contributed by atoms with Gasteiger partial charge < -0.3 is 10.6 Å². The molecule has 3 rings (SSSR count). The highest BCUT2D eigenvalue weighted by Crippen LogP contribution is 2.14. The van der Waals surface area contributed by atoms with E-state index < -0.39 is 10.0 Å². The molecule has 3 N–H and O–H groups in total. The Morgan fingerprint density at radius 2 is 1.78 bits per heavy atom. The molecule has 0 bridgehead atoms. The molecule has 0 radical (unpaired) electrons. The van der Waals surface area contributed by atoms with Crippen molar-refractivity contribution in [2.45, 2.75) is 45.7 Å². The summed E-state index contributed by atoms with van der Waals surface area (Å²) < 4.78 is 29.3. The second kappa shape index (κ2) is 12.1. The quantitative estimate of drug-likeness (QED) is 0.207. The number of nitrogens with one attached hydrogen (secondary N) is 3. The maximum atomic E-state index is 12.4. The summed E-state index contributed by atoms with van der Waals surface area (Å²) in [5.74, 6) is 1.31. The van der Waals surface area contributed by atoms with Crippen LogP contribution in [0.4, 0.5) is 0 Å². The molecule has 9 nitrogen and oxygen atoms in total. The van der Waals surface area contributed by atoms with Crippen LogP contribution >= 0.6 is 24.0 Å². The first-order chi connectivity index (χ1) is 14.9. The lowest BCUT2D eigenvalue weighted by molar-refractivity contribution is 0.569. The molecule has 0 fully saturated rings. The number of benzene rings is 1. The van der Waals surface area contributed by atoms with E-state index in [9.17, 15) is 8.42 Å². The molecule has 0 aliphatic rings. The highest BCUT2D eigenvalue weighted by molar-refractivity contribution is 14.0. The van der Waals surface area contributed by atoms with Crippen LogP contribution in [0.2, 0.25) is 0 Å². The van der Waals surface area contributed by atoms with E-state index in [1.807, 2.05) is 60.0 Å². The number of halogens is 1. The highest BCUT2D eigenvalue weighted by Gasteiger charge is 2.15. The van der Waals surface area contributed by atoms with Crippen molar-refractivity contribution in [1.82, 2.24) is 30.0 Å². The Morgan fingerprint density at radius 3 is 2.50 bits per heavy atom. The minimum absolute atomic E-state index is 0. The van der Waals surface area contributed by atoms with Gasteiger partial charge in [-0.15, -0.1) is 34.2 Å². The Morgan fingerprint density at radius 1 is 1.06 bits per heavy atom. The zero-order valence-electron chi connectivity index (χ0n) is 18.4. The molecule has 0 saturated carbocycles. The van der Waals surface area contributed by atoms with Gasteiger partial charge in [0.25, 0.3) is 0 Å². The van der Waals surface area contributed by atoms with Crippen LogP contribution in [0.5, 0.6) is 0 Å². The highest BCUT2D eigenvalue weighted by atomic mass is 127. The van der Waals surface area contributed by atoms with Crippen molar-refractivity contribution in [2.24, 2.45) is 4.99 Å². The summed E-state index contributed by atoms with van der Waals surface area (Å²) in [4.78, 5) is 4.64. The molecule has 2 heterocycles. The van der Waals surface area contributed by atoms with Gasteiger partial charge in [-0.1, -0.05) is 30.3 Å². The van der Waals surface area contributed by atoms with Crippen molar-refractivity contribution in [2.75, 3.05) is 6.54 Å². The lowest BCUT2D eigenvalue weighted by Crippen LogP contribution is -2.37. The SMILES string of the molecule is CCNC(=NCc1ccccc1CS(=O)(=O)NC(C)C)NCc1nnc2ccccn12.I. The van der Waals surface area contributed by atoms with Crippen molar-refractivity contribution in [1.29, 1.82) is 0 Å². The number of aromatic nitrogens is 3. The van der Waals surface area contributed by atoms with E-state index >= 15 is 0 Å². The molecule has 11 heteroatoms. The third kappa shape index (κ3) is 7.41. The van der Waals surface area contributed by atoms with Crippen LogP contribution in [0, 0.1) is 0 Å². The second-order valence-electron chi connectivity index (χ2n) is 7.39. The topological polar surface area (TPSA) is 113 Å². The second-order valence-corrected chi connectivity index (χ2v) is 9.15. The number of guanidine groups is 1. The normalized spacial score (nSPS) is 12.1. The van der Waals surface area contributed by atoms with Gasteiger partial charge in [0.2, 0.25) is 10.0 Å². The summed E-state index contributed by atoms with van der Waals surface area (Å²) >= 11 is 0. The minimum atomic E-state index is -3.41. The summed E-state index contributed by atoms with van der Waals surface area (Å²) in [6, 6.07) is 13.1. The molecule has 0 atom stereocenters. The largest absolute Gasteiger partial charge is 0.357 e. The van der Waals surface area contributed by atoms with Gasteiger partial charge in [0, 0.05) is 18.8 Å². The molecule has 32 heavy (non-hydrogen) atoms. The number of sulfonamides is 1. The Labute approximate surface area is 206 Å². The number of aliphatic imine (C=N–C) groups is 1. The lowest BCUT2D eigenvalue weighted by atomic mass is 10.1. The number of fused-ring (bicyclic) bond motifs is 1. The van der Waals surface area contributed by atoms with Crippen LogP contribution in [0.25, 0.3) is 5.65 Å². The summed E-state index contributed by atoms with van der Waals surface area (Å²) in [7, 11) is -3.41. The first kappa shape index (κ1) is 26.0. The first-order valence-corrected chi connectivity index (χ1v) is 11.9. The molecule has 0 saturated heterocycles. The van der Waals surface area contributed by atoms with Gasteiger partial charge in [0.05, 0.1) is 18.8 Å². The van der Waals surface area contributed by atoms with E-state index in [0.717, 1.165) is 22.6 Å². The average Bonchev–Trinajstić information content (AvgIpc) is 3.13. The van der Waals surface area contributed by atoms with Gasteiger partial charge >= 0.3 is 0 Å². The van der Waals surface area contributed by atoms with Crippen LogP contribution in [0.3, 0.4) is 0 Å². The van der Waals surface area contributed by atoms with Gasteiger partial charge in [-0.05, 0) is 44.0 Å². The van der Waals surface area contributed by atoms with Gasteiger partial charge in [0.1, 0.15) is 0 Å². The molecule has 0 amide bonds. The fourth-order valence-corrected chi connectivity index (χ4v) is 4.63. The third-order valence-corrected chi connectivity index (χ3v) is 5.95. The van der Waals surface area contributed by atoms with Crippen molar-refractivity contribution >= 4 is 45.6 Å². The van der Waals surface area contributed by atoms with E-state index in [1.54, 1.807) is 13.8 Å². The number of hydrogen-bond acceptors (Lipinski definition) is 5. The predicted octanol–water partition coefficient (Wildman–Crippen LogP) is 2.43. The molecular weight excluding hydrogens is 541 g/mol. The zero-order valence-corrected chi connectivity index (χ0v) is 21.6. The molecule has 0 spiro atoms. The van der Waals surface area contributed by atoms with E-state index in [0.29, 0.717) is 25.6 Å². The summed E-state index contributed by atoms with van der Waals surface area (Å²) in [6.45, 7) is 7.10. The van der Waals surface area contributed by atoms with Gasteiger partial charge in [-0.25, -0.2) is 18.1 Å². The van der Waals surface area contributed by atoms with Crippen LogP contribution in [-0.4, -0.2) is 41.6 Å². The predicted molar refractivity (Wildman–Crippen MR) is 137 cm³/mol. The molecule has 0 aliphatic carbocycles. The smallest absolute Gasteiger partial charge is 0.216 e. The first-order valence-electron chi connectivity index (χ1n) is 10.3. The number of rotatable bonds is 9. The van der Waals surface area contributed by atoms with E-state index in [4.69, 9.17) is 0 Å². The summed E-state index contributed by atoms with van der Waals surface area (Å²) in [5, 5.41) is 14.8. The van der Waals surface area contributed by atoms with E-state index in [2.05, 4.69) is 30.5 Å². The molecule has 1 aromatic carbocycles. The summed E-state index contributed by atoms with van der Waals surface area (Å²) in [5.41, 5.74) is 2.38. The monoisotopic (exact) mass is 571 g/mol. The van der Waals surface area contributed by atoms with Gasteiger partial charge in [0.15, 0.2) is 17.4 Å². The Hall–Kier alpha value is -2.25. The van der Waals surface area contributed by atoms with E-state index in [-0.39, 0.29) is 35.8 Å². The summed E-state index contributed by atoms with van der Waals surface area (Å²) in [6.07, 6.45) is 1.91. The maximum Gasteiger partial charge on any atom is 0.216 e. The Bertz CT molecular complexity index is 1150. The van der Waals surface area contributed by atoms with Crippen LogP contribution in [0.1, 0.15) is 37.7 Å².